The summed E-state index contributed by atoms with van der Waals surface area (Å²) < 4.78 is 0. The maximum atomic E-state index is 13.0. The number of aryl methyl sites for hydroxylation is 1. The van der Waals surface area contributed by atoms with Gasteiger partial charge in [-0.05, 0) is 45.1 Å². The van der Waals surface area contributed by atoms with Gasteiger partial charge in [0.2, 0.25) is 5.91 Å². The van der Waals surface area contributed by atoms with Crippen molar-refractivity contribution in [3.05, 3.63) is 17.0 Å². The van der Waals surface area contributed by atoms with Crippen molar-refractivity contribution in [1.29, 1.82) is 0 Å². The molecule has 7 nitrogen and oxygen atoms in total. The fraction of sp³-hybridized carbons (Fsp3) is 0.722. The number of aromatic amines is 1. The molecule has 1 aromatic heterocycles. The third kappa shape index (κ3) is 2.94. The molecule has 0 saturated carbocycles. The maximum absolute atomic E-state index is 13.0. The molecule has 1 aromatic rings. The number of carbonyl (C=O) groups is 2. The van der Waals surface area contributed by atoms with Gasteiger partial charge in [0.05, 0.1) is 0 Å². The van der Waals surface area contributed by atoms with E-state index in [9.17, 15) is 9.59 Å². The second-order valence-corrected chi connectivity index (χ2v) is 7.48. The molecule has 3 aliphatic rings. The van der Waals surface area contributed by atoms with Crippen molar-refractivity contribution in [2.45, 2.75) is 44.6 Å². The van der Waals surface area contributed by atoms with Crippen LogP contribution in [-0.4, -0.2) is 71.1 Å². The zero-order valence-corrected chi connectivity index (χ0v) is 14.9. The molecule has 0 radical (unpaired) electrons. The number of carbonyl (C=O) groups excluding carboxylic acids is 2. The largest absolute Gasteiger partial charge is 0.338 e. The summed E-state index contributed by atoms with van der Waals surface area (Å²) in [6.07, 6.45) is 5.43. The summed E-state index contributed by atoms with van der Waals surface area (Å²) in [5, 5.41) is 10.5. The number of piperidine rings is 2. The molecule has 1 aliphatic carbocycles. The van der Waals surface area contributed by atoms with Crippen LogP contribution in [0.2, 0.25) is 0 Å². The molecule has 2 fully saturated rings. The average molecular weight is 345 g/mol. The van der Waals surface area contributed by atoms with Gasteiger partial charge in [-0.3, -0.25) is 14.7 Å². The predicted molar refractivity (Wildman–Crippen MR) is 93.3 cm³/mol. The molecule has 3 heterocycles. The summed E-state index contributed by atoms with van der Waals surface area (Å²) in [7, 11) is 1.91. The minimum absolute atomic E-state index is 0.0662. The van der Waals surface area contributed by atoms with E-state index >= 15 is 0 Å². The molecule has 0 aromatic carbocycles. The fourth-order valence-electron chi connectivity index (χ4n) is 4.70. The van der Waals surface area contributed by atoms with E-state index in [0.717, 1.165) is 63.0 Å². The van der Waals surface area contributed by atoms with Crippen molar-refractivity contribution >= 4 is 11.8 Å². The Hall–Kier alpha value is -1.89. The van der Waals surface area contributed by atoms with E-state index < -0.39 is 0 Å². The second kappa shape index (κ2) is 6.78. The molecular formula is C18H27N5O2. The first-order valence-electron chi connectivity index (χ1n) is 9.48. The highest BCUT2D eigenvalue weighted by Crippen LogP contribution is 2.32. The minimum atomic E-state index is 0.0662. The SMILES string of the molecule is CNCCN1C(=O)CC[C@H]2CN(C(=O)c3n[nH]c4c3CCC4)CC[C@H]21. The zero-order valence-electron chi connectivity index (χ0n) is 14.9. The van der Waals surface area contributed by atoms with Gasteiger partial charge in [-0.15, -0.1) is 0 Å². The van der Waals surface area contributed by atoms with Crippen molar-refractivity contribution in [3.8, 4) is 0 Å². The van der Waals surface area contributed by atoms with Crippen LogP contribution in [0.4, 0.5) is 0 Å². The highest BCUT2D eigenvalue weighted by Gasteiger charge is 2.41. The van der Waals surface area contributed by atoms with Gasteiger partial charge < -0.3 is 15.1 Å². The van der Waals surface area contributed by atoms with E-state index in [1.807, 2.05) is 16.8 Å². The molecule has 2 amide bonds. The van der Waals surface area contributed by atoms with E-state index in [4.69, 9.17) is 0 Å². The molecule has 0 bridgehead atoms. The van der Waals surface area contributed by atoms with E-state index in [1.165, 1.54) is 0 Å². The number of nitrogens with one attached hydrogen (secondary N) is 2. The van der Waals surface area contributed by atoms with Gasteiger partial charge in [0.15, 0.2) is 5.69 Å². The lowest BCUT2D eigenvalue weighted by Crippen LogP contribution is -2.57. The Balaban J connectivity index is 1.45. The number of hydrogen-bond donors (Lipinski definition) is 2. The lowest BCUT2D eigenvalue weighted by molar-refractivity contribution is -0.140. The predicted octanol–water partition coefficient (Wildman–Crippen LogP) is 0.571. The van der Waals surface area contributed by atoms with E-state index in [-0.39, 0.29) is 17.9 Å². The first-order valence-corrected chi connectivity index (χ1v) is 9.48. The molecule has 0 spiro atoms. The Morgan fingerprint density at radius 1 is 1.32 bits per heavy atom. The van der Waals surface area contributed by atoms with Crippen molar-refractivity contribution < 1.29 is 9.59 Å². The number of fused-ring (bicyclic) bond motifs is 2. The Morgan fingerprint density at radius 2 is 2.20 bits per heavy atom. The van der Waals surface area contributed by atoms with Crippen molar-refractivity contribution in [1.82, 2.24) is 25.3 Å². The van der Waals surface area contributed by atoms with Crippen LogP contribution >= 0.6 is 0 Å². The zero-order chi connectivity index (χ0) is 17.4. The van der Waals surface area contributed by atoms with Gasteiger partial charge in [0.25, 0.3) is 5.91 Å². The standard InChI is InChI=1S/C18H27N5O2/c1-19-8-10-23-15-7-9-22(11-12(15)5-6-16(23)24)18(25)17-13-3-2-4-14(13)20-21-17/h12,15,19H,2-11H2,1H3,(H,20,21)/t12-,15+/m0/s1. The highest BCUT2D eigenvalue weighted by atomic mass is 16.2. The minimum Gasteiger partial charge on any atom is -0.338 e. The van der Waals surface area contributed by atoms with Crippen LogP contribution in [0.1, 0.15) is 47.4 Å². The number of H-pyrrole nitrogens is 1. The van der Waals surface area contributed by atoms with Crippen LogP contribution in [0.5, 0.6) is 0 Å². The molecule has 136 valence electrons. The molecule has 2 aliphatic heterocycles. The molecule has 4 rings (SSSR count). The van der Waals surface area contributed by atoms with E-state index in [1.54, 1.807) is 0 Å². The summed E-state index contributed by atoms with van der Waals surface area (Å²) in [6, 6.07) is 0.281. The molecule has 7 heteroatoms. The quantitative estimate of drug-likeness (QED) is 0.836. The summed E-state index contributed by atoms with van der Waals surface area (Å²) in [5.41, 5.74) is 2.89. The van der Waals surface area contributed by atoms with Crippen LogP contribution in [0, 0.1) is 5.92 Å². The molecule has 0 unspecified atom stereocenters. The van der Waals surface area contributed by atoms with Crippen LogP contribution in [-0.2, 0) is 17.6 Å². The Morgan fingerprint density at radius 3 is 3.04 bits per heavy atom. The van der Waals surface area contributed by atoms with Crippen LogP contribution in [0.3, 0.4) is 0 Å². The van der Waals surface area contributed by atoms with Gasteiger partial charge in [-0.2, -0.15) is 5.10 Å². The molecule has 2 N–H and O–H groups in total. The third-order valence-corrected chi connectivity index (χ3v) is 6.04. The highest BCUT2D eigenvalue weighted by molar-refractivity contribution is 5.94. The lowest BCUT2D eigenvalue weighted by atomic mass is 9.83. The number of hydrogen-bond acceptors (Lipinski definition) is 4. The number of aromatic nitrogens is 2. The van der Waals surface area contributed by atoms with Gasteiger partial charge in [-0.1, -0.05) is 0 Å². The van der Waals surface area contributed by atoms with Gasteiger partial charge >= 0.3 is 0 Å². The van der Waals surface area contributed by atoms with Crippen molar-refractivity contribution in [2.24, 2.45) is 5.92 Å². The van der Waals surface area contributed by atoms with E-state index in [2.05, 4.69) is 15.5 Å². The number of nitrogens with zero attached hydrogens (tertiary/aromatic N) is 3. The third-order valence-electron chi connectivity index (χ3n) is 6.04. The van der Waals surface area contributed by atoms with Crippen molar-refractivity contribution in [3.63, 3.8) is 0 Å². The Labute approximate surface area is 148 Å². The summed E-state index contributed by atoms with van der Waals surface area (Å²) in [5.74, 6) is 0.720. The van der Waals surface area contributed by atoms with Gasteiger partial charge in [-0.25, -0.2) is 0 Å². The number of likely N-dealkylation sites (N-methyl/N-ethyl adjacent to an activating group) is 1. The maximum Gasteiger partial charge on any atom is 0.274 e. The topological polar surface area (TPSA) is 81.3 Å². The van der Waals surface area contributed by atoms with Crippen LogP contribution in [0.15, 0.2) is 0 Å². The van der Waals surface area contributed by atoms with E-state index in [0.29, 0.717) is 24.6 Å². The average Bonchev–Trinajstić information content (AvgIpc) is 3.23. The fourth-order valence-corrected chi connectivity index (χ4v) is 4.70. The van der Waals surface area contributed by atoms with Gasteiger partial charge in [0.1, 0.15) is 0 Å². The second-order valence-electron chi connectivity index (χ2n) is 7.48. The summed E-state index contributed by atoms with van der Waals surface area (Å²) in [6.45, 7) is 3.04. The first kappa shape index (κ1) is 16.6. The molecular weight excluding hydrogens is 318 g/mol. The summed E-state index contributed by atoms with van der Waals surface area (Å²) >= 11 is 0. The van der Waals surface area contributed by atoms with Crippen LogP contribution in [0.25, 0.3) is 0 Å². The van der Waals surface area contributed by atoms with Gasteiger partial charge in [0, 0.05) is 49.9 Å². The summed E-state index contributed by atoms with van der Waals surface area (Å²) in [4.78, 5) is 29.3. The molecule has 2 atom stereocenters. The normalized spacial score (nSPS) is 25.9. The first-order chi connectivity index (χ1) is 12.2. The molecule has 2 saturated heterocycles. The monoisotopic (exact) mass is 345 g/mol. The number of amides is 2. The molecule has 25 heavy (non-hydrogen) atoms. The van der Waals surface area contributed by atoms with Crippen molar-refractivity contribution in [2.75, 3.05) is 33.2 Å². The Kier molecular flexibility index (Phi) is 4.50. The number of rotatable bonds is 4. The lowest BCUT2D eigenvalue weighted by Gasteiger charge is -2.47. The Bertz CT molecular complexity index is 670. The van der Waals surface area contributed by atoms with Crippen LogP contribution < -0.4 is 5.32 Å². The number of likely N-dealkylation sites (tertiary alicyclic amines) is 2. The smallest absolute Gasteiger partial charge is 0.274 e.